The first kappa shape index (κ1) is 23.8. The Balaban J connectivity index is 2.21. The lowest BCUT2D eigenvalue weighted by Crippen LogP contribution is -2.59. The van der Waals surface area contributed by atoms with E-state index in [1.807, 2.05) is 20.8 Å². The van der Waals surface area contributed by atoms with Crippen LogP contribution in [-0.4, -0.2) is 60.3 Å². The monoisotopic (exact) mass is 435 g/mol. The molecule has 1 aliphatic rings. The van der Waals surface area contributed by atoms with Gasteiger partial charge in [0.05, 0.1) is 25.3 Å². The molecule has 170 valence electrons. The molecule has 1 saturated heterocycles. The maximum absolute atomic E-state index is 13.3. The molecular weight excluding hydrogens is 407 g/mol. The van der Waals surface area contributed by atoms with Gasteiger partial charge in [-0.15, -0.1) is 0 Å². The molecule has 1 aromatic rings. The summed E-state index contributed by atoms with van der Waals surface area (Å²) in [6.07, 6.45) is -5.39. The number of piperazine rings is 1. The molecule has 30 heavy (non-hydrogen) atoms. The molecule has 1 fully saturated rings. The fourth-order valence-electron chi connectivity index (χ4n) is 3.17. The minimum absolute atomic E-state index is 0.0955. The summed E-state index contributed by atoms with van der Waals surface area (Å²) in [7, 11) is 0. The van der Waals surface area contributed by atoms with Crippen LogP contribution in [0.15, 0.2) is 4.42 Å². The SMILES string of the molecule is CCOC(=O)c1nc(N2C[C@@H](C)N(C(=O)OCC(C)(C)C)[C@@H](C)C2)oc1C(F)(F)F. The van der Waals surface area contributed by atoms with E-state index in [2.05, 4.69) is 9.72 Å². The second kappa shape index (κ2) is 8.73. The molecule has 0 unspecified atom stereocenters. The third-order valence-electron chi connectivity index (χ3n) is 4.37. The van der Waals surface area contributed by atoms with Crippen molar-refractivity contribution in [2.75, 3.05) is 31.2 Å². The first-order chi connectivity index (χ1) is 13.7. The Morgan fingerprint density at radius 2 is 1.70 bits per heavy atom. The average Bonchev–Trinajstić information content (AvgIpc) is 3.05. The zero-order chi connectivity index (χ0) is 22.9. The van der Waals surface area contributed by atoms with Crippen LogP contribution in [0, 0.1) is 5.41 Å². The number of hydrogen-bond acceptors (Lipinski definition) is 7. The molecule has 0 aliphatic carbocycles. The molecule has 11 heteroatoms. The molecule has 0 bridgehead atoms. The average molecular weight is 435 g/mol. The summed E-state index contributed by atoms with van der Waals surface area (Å²) in [6, 6.07) is -1.10. The number of aromatic nitrogens is 1. The first-order valence-electron chi connectivity index (χ1n) is 9.69. The van der Waals surface area contributed by atoms with Crippen LogP contribution in [0.25, 0.3) is 0 Å². The van der Waals surface area contributed by atoms with Gasteiger partial charge in [-0.1, -0.05) is 20.8 Å². The van der Waals surface area contributed by atoms with Crippen LogP contribution >= 0.6 is 0 Å². The van der Waals surface area contributed by atoms with Crippen molar-refractivity contribution >= 4 is 18.1 Å². The van der Waals surface area contributed by atoms with Crippen molar-refractivity contribution in [1.29, 1.82) is 0 Å². The van der Waals surface area contributed by atoms with Gasteiger partial charge < -0.3 is 18.8 Å². The number of carbonyl (C=O) groups excluding carboxylic acids is 2. The van der Waals surface area contributed by atoms with Crippen LogP contribution in [0.3, 0.4) is 0 Å². The molecule has 2 atom stereocenters. The summed E-state index contributed by atoms with van der Waals surface area (Å²) in [5, 5.41) is 0. The summed E-state index contributed by atoms with van der Waals surface area (Å²) in [5.41, 5.74) is -1.11. The van der Waals surface area contributed by atoms with Gasteiger partial charge in [-0.3, -0.25) is 4.90 Å². The first-order valence-corrected chi connectivity index (χ1v) is 9.69. The fraction of sp³-hybridized carbons (Fsp3) is 0.737. The van der Waals surface area contributed by atoms with Crippen molar-refractivity contribution in [3.05, 3.63) is 11.5 Å². The van der Waals surface area contributed by atoms with E-state index < -0.39 is 29.7 Å². The van der Waals surface area contributed by atoms with Crippen LogP contribution in [0.1, 0.15) is 57.8 Å². The normalized spacial score (nSPS) is 20.3. The predicted octanol–water partition coefficient (Wildman–Crippen LogP) is 3.95. The van der Waals surface area contributed by atoms with Crippen molar-refractivity contribution in [2.45, 2.75) is 59.8 Å². The number of oxazole rings is 1. The van der Waals surface area contributed by atoms with Gasteiger partial charge in [-0.05, 0) is 26.2 Å². The maximum Gasteiger partial charge on any atom is 0.452 e. The van der Waals surface area contributed by atoms with E-state index in [0.29, 0.717) is 0 Å². The Bertz CT molecular complexity index is 760. The quantitative estimate of drug-likeness (QED) is 0.662. The summed E-state index contributed by atoms with van der Waals surface area (Å²) in [5.74, 6) is -2.70. The Morgan fingerprint density at radius 3 is 2.17 bits per heavy atom. The number of carbonyl (C=O) groups is 2. The number of rotatable bonds is 4. The Labute approximate surface area is 173 Å². The van der Waals surface area contributed by atoms with Crippen molar-refractivity contribution in [3.63, 3.8) is 0 Å². The minimum Gasteiger partial charge on any atom is -0.461 e. The third-order valence-corrected chi connectivity index (χ3v) is 4.37. The second-order valence-corrected chi connectivity index (χ2v) is 8.52. The number of hydrogen-bond donors (Lipinski definition) is 0. The molecule has 0 saturated carbocycles. The third kappa shape index (κ3) is 5.57. The number of ether oxygens (including phenoxy) is 2. The molecule has 0 spiro atoms. The molecule has 2 rings (SSSR count). The van der Waals surface area contributed by atoms with E-state index in [0.717, 1.165) is 0 Å². The maximum atomic E-state index is 13.3. The summed E-state index contributed by atoms with van der Waals surface area (Å²) < 4.78 is 54.9. The zero-order valence-corrected chi connectivity index (χ0v) is 18.0. The van der Waals surface area contributed by atoms with E-state index in [1.54, 1.807) is 18.7 Å². The van der Waals surface area contributed by atoms with E-state index in [9.17, 15) is 22.8 Å². The van der Waals surface area contributed by atoms with Gasteiger partial charge in [-0.25, -0.2) is 9.59 Å². The van der Waals surface area contributed by atoms with E-state index in [1.165, 1.54) is 11.8 Å². The summed E-state index contributed by atoms with van der Waals surface area (Å²) >= 11 is 0. The van der Waals surface area contributed by atoms with Gasteiger partial charge in [0.1, 0.15) is 0 Å². The van der Waals surface area contributed by atoms with Gasteiger partial charge in [0.2, 0.25) is 11.5 Å². The van der Waals surface area contributed by atoms with Gasteiger partial charge in [0.15, 0.2) is 0 Å². The number of amides is 1. The highest BCUT2D eigenvalue weighted by molar-refractivity contribution is 5.89. The highest BCUT2D eigenvalue weighted by Crippen LogP contribution is 2.36. The van der Waals surface area contributed by atoms with Crippen LogP contribution in [0.2, 0.25) is 0 Å². The highest BCUT2D eigenvalue weighted by atomic mass is 19.4. The van der Waals surface area contributed by atoms with Crippen molar-refractivity contribution in [3.8, 4) is 0 Å². The molecular formula is C19H28F3N3O5. The predicted molar refractivity (Wildman–Crippen MR) is 101 cm³/mol. The number of alkyl halides is 3. The Morgan fingerprint density at radius 1 is 1.13 bits per heavy atom. The topological polar surface area (TPSA) is 85.1 Å². The van der Waals surface area contributed by atoms with Crippen LogP contribution < -0.4 is 4.90 Å². The smallest absolute Gasteiger partial charge is 0.452 e. The molecule has 1 aromatic heterocycles. The van der Waals surface area contributed by atoms with Gasteiger partial charge >= 0.3 is 18.2 Å². The van der Waals surface area contributed by atoms with Gasteiger partial charge in [0.25, 0.3) is 6.01 Å². The number of halogens is 3. The summed E-state index contributed by atoms with van der Waals surface area (Å²) in [4.78, 5) is 31.2. The number of nitrogens with zero attached hydrogens (tertiary/aromatic N) is 3. The van der Waals surface area contributed by atoms with E-state index in [-0.39, 0.29) is 49.8 Å². The number of esters is 1. The Hall–Kier alpha value is -2.46. The molecule has 2 heterocycles. The van der Waals surface area contributed by atoms with E-state index in [4.69, 9.17) is 9.15 Å². The van der Waals surface area contributed by atoms with E-state index >= 15 is 0 Å². The largest absolute Gasteiger partial charge is 0.461 e. The molecule has 1 amide bonds. The van der Waals surface area contributed by atoms with Gasteiger partial charge in [-0.2, -0.15) is 18.2 Å². The standard InChI is InChI=1S/C19H28F3N3O5/c1-7-28-15(26)13-14(19(20,21)22)30-16(23-13)24-8-11(2)25(12(3)9-24)17(27)29-10-18(4,5)6/h11-12H,7-10H2,1-6H3/t11-,12+. The lowest BCUT2D eigenvalue weighted by molar-refractivity contribution is -0.153. The summed E-state index contributed by atoms with van der Waals surface area (Å²) in [6.45, 7) is 11.3. The lowest BCUT2D eigenvalue weighted by Gasteiger charge is -2.43. The van der Waals surface area contributed by atoms with Crippen LogP contribution in [-0.2, 0) is 15.7 Å². The molecule has 0 radical (unpaired) electrons. The van der Waals surface area contributed by atoms with Crippen molar-refractivity contribution in [2.24, 2.45) is 5.41 Å². The fourth-order valence-corrected chi connectivity index (χ4v) is 3.17. The lowest BCUT2D eigenvalue weighted by atomic mass is 9.99. The van der Waals surface area contributed by atoms with Crippen LogP contribution in [0.4, 0.5) is 24.0 Å². The van der Waals surface area contributed by atoms with Crippen molar-refractivity contribution < 1.29 is 36.7 Å². The van der Waals surface area contributed by atoms with Gasteiger partial charge in [0, 0.05) is 13.1 Å². The minimum atomic E-state index is -4.90. The molecule has 0 N–H and O–H groups in total. The van der Waals surface area contributed by atoms with Crippen LogP contribution in [0.5, 0.6) is 0 Å². The molecule has 1 aliphatic heterocycles. The second-order valence-electron chi connectivity index (χ2n) is 8.52. The Kier molecular flexibility index (Phi) is 6.93. The number of anilines is 1. The van der Waals surface area contributed by atoms with Crippen molar-refractivity contribution in [1.82, 2.24) is 9.88 Å². The zero-order valence-electron chi connectivity index (χ0n) is 18.0. The highest BCUT2D eigenvalue weighted by Gasteiger charge is 2.44. The molecule has 8 nitrogen and oxygen atoms in total. The molecule has 0 aromatic carbocycles.